The topological polar surface area (TPSA) is 59.0 Å². The Balaban J connectivity index is 1.62. The van der Waals surface area contributed by atoms with Crippen LogP contribution in [-0.2, 0) is 18.4 Å². The molecule has 94 valence electrons. The Hall–Kier alpha value is -1.36. The van der Waals surface area contributed by atoms with Gasteiger partial charge in [-0.3, -0.25) is 9.48 Å². The standard InChI is InChI=1S/C12H20N4O/c1-9-10(8-14-16(9)2)7-13-6-5-12(17)15-11-3-4-11/h8,11,13H,3-7H2,1-2H3,(H,15,17). The second kappa shape index (κ2) is 5.31. The van der Waals surface area contributed by atoms with E-state index < -0.39 is 0 Å². The van der Waals surface area contributed by atoms with Crippen LogP contribution in [0, 0.1) is 6.92 Å². The van der Waals surface area contributed by atoms with Crippen LogP contribution < -0.4 is 10.6 Å². The fourth-order valence-electron chi connectivity index (χ4n) is 1.67. The van der Waals surface area contributed by atoms with Crippen LogP contribution in [0.3, 0.4) is 0 Å². The van der Waals surface area contributed by atoms with Crippen LogP contribution in [0.15, 0.2) is 6.20 Å². The highest BCUT2D eigenvalue weighted by Gasteiger charge is 2.22. The molecule has 0 aliphatic heterocycles. The lowest BCUT2D eigenvalue weighted by molar-refractivity contribution is -0.121. The molecule has 1 aliphatic carbocycles. The molecule has 5 heteroatoms. The summed E-state index contributed by atoms with van der Waals surface area (Å²) in [6.45, 7) is 3.53. The molecule has 0 unspecified atom stereocenters. The van der Waals surface area contributed by atoms with Crippen molar-refractivity contribution >= 4 is 5.91 Å². The van der Waals surface area contributed by atoms with Crippen molar-refractivity contribution in [3.63, 3.8) is 0 Å². The minimum Gasteiger partial charge on any atom is -0.353 e. The summed E-state index contributed by atoms with van der Waals surface area (Å²) >= 11 is 0. The number of hydrogen-bond donors (Lipinski definition) is 2. The fourth-order valence-corrected chi connectivity index (χ4v) is 1.67. The van der Waals surface area contributed by atoms with Crippen LogP contribution in [-0.4, -0.2) is 28.3 Å². The van der Waals surface area contributed by atoms with Gasteiger partial charge in [0.2, 0.25) is 5.91 Å². The zero-order chi connectivity index (χ0) is 12.3. The fraction of sp³-hybridized carbons (Fsp3) is 0.667. The molecule has 2 rings (SSSR count). The molecule has 1 aromatic rings. The van der Waals surface area contributed by atoms with Crippen LogP contribution in [0.5, 0.6) is 0 Å². The van der Waals surface area contributed by atoms with Crippen molar-refractivity contribution in [3.8, 4) is 0 Å². The molecule has 1 saturated carbocycles. The zero-order valence-electron chi connectivity index (χ0n) is 10.5. The van der Waals surface area contributed by atoms with E-state index in [1.807, 2.05) is 24.9 Å². The molecule has 1 heterocycles. The van der Waals surface area contributed by atoms with Gasteiger partial charge in [0.25, 0.3) is 0 Å². The van der Waals surface area contributed by atoms with Gasteiger partial charge < -0.3 is 10.6 Å². The van der Waals surface area contributed by atoms with Gasteiger partial charge in [0.15, 0.2) is 0 Å². The number of aromatic nitrogens is 2. The molecular weight excluding hydrogens is 216 g/mol. The monoisotopic (exact) mass is 236 g/mol. The third-order valence-electron chi connectivity index (χ3n) is 3.12. The summed E-state index contributed by atoms with van der Waals surface area (Å²) in [6, 6.07) is 0.461. The Morgan fingerprint density at radius 3 is 2.94 bits per heavy atom. The molecule has 17 heavy (non-hydrogen) atoms. The Labute approximate surface area is 102 Å². The van der Waals surface area contributed by atoms with Gasteiger partial charge in [-0.25, -0.2) is 0 Å². The van der Waals surface area contributed by atoms with Gasteiger partial charge in [0, 0.05) is 43.9 Å². The van der Waals surface area contributed by atoms with Crippen molar-refractivity contribution in [1.29, 1.82) is 0 Å². The van der Waals surface area contributed by atoms with Crippen molar-refractivity contribution in [2.24, 2.45) is 7.05 Å². The third kappa shape index (κ3) is 3.56. The first-order valence-electron chi connectivity index (χ1n) is 6.14. The minimum absolute atomic E-state index is 0.155. The second-order valence-electron chi connectivity index (χ2n) is 4.65. The highest BCUT2D eigenvalue weighted by molar-refractivity contribution is 5.76. The number of aryl methyl sites for hydroxylation is 1. The number of nitrogens with zero attached hydrogens (tertiary/aromatic N) is 2. The van der Waals surface area contributed by atoms with E-state index in [1.54, 1.807) is 0 Å². The van der Waals surface area contributed by atoms with E-state index in [1.165, 1.54) is 11.3 Å². The van der Waals surface area contributed by atoms with E-state index >= 15 is 0 Å². The number of rotatable bonds is 6. The molecule has 1 aromatic heterocycles. The van der Waals surface area contributed by atoms with Crippen molar-refractivity contribution in [1.82, 2.24) is 20.4 Å². The summed E-state index contributed by atoms with van der Waals surface area (Å²) in [5, 5.41) is 10.4. The quantitative estimate of drug-likeness (QED) is 0.707. The Morgan fingerprint density at radius 2 is 2.35 bits per heavy atom. The molecule has 1 fully saturated rings. The first-order valence-corrected chi connectivity index (χ1v) is 6.14. The molecule has 0 spiro atoms. The highest BCUT2D eigenvalue weighted by atomic mass is 16.1. The lowest BCUT2D eigenvalue weighted by Gasteiger charge is -2.05. The average Bonchev–Trinajstić information content (AvgIpc) is 3.05. The predicted molar refractivity (Wildman–Crippen MR) is 65.4 cm³/mol. The molecule has 1 amide bonds. The van der Waals surface area contributed by atoms with E-state index in [4.69, 9.17) is 0 Å². The maximum atomic E-state index is 11.4. The normalized spacial score (nSPS) is 14.9. The van der Waals surface area contributed by atoms with E-state index in [0.717, 1.165) is 19.4 Å². The van der Waals surface area contributed by atoms with Gasteiger partial charge in [-0.15, -0.1) is 0 Å². The third-order valence-corrected chi connectivity index (χ3v) is 3.12. The molecule has 0 saturated heterocycles. The second-order valence-corrected chi connectivity index (χ2v) is 4.65. The van der Waals surface area contributed by atoms with Gasteiger partial charge in [-0.1, -0.05) is 0 Å². The van der Waals surface area contributed by atoms with Gasteiger partial charge in [0.1, 0.15) is 0 Å². The van der Waals surface area contributed by atoms with Crippen LogP contribution in [0.1, 0.15) is 30.5 Å². The highest BCUT2D eigenvalue weighted by Crippen LogP contribution is 2.18. The maximum absolute atomic E-state index is 11.4. The summed E-state index contributed by atoms with van der Waals surface area (Å²) in [5.41, 5.74) is 2.36. The molecule has 0 aromatic carbocycles. The lowest BCUT2D eigenvalue weighted by Crippen LogP contribution is -2.29. The molecule has 2 N–H and O–H groups in total. The molecule has 0 atom stereocenters. The molecule has 1 aliphatic rings. The predicted octanol–water partition coefficient (Wildman–Crippen LogP) is 0.487. The summed E-state index contributed by atoms with van der Waals surface area (Å²) in [4.78, 5) is 11.4. The molecular formula is C12H20N4O. The van der Waals surface area contributed by atoms with Crippen molar-refractivity contribution in [2.45, 2.75) is 38.8 Å². The summed E-state index contributed by atoms with van der Waals surface area (Å²) in [6.07, 6.45) is 4.71. The van der Waals surface area contributed by atoms with Gasteiger partial charge in [-0.2, -0.15) is 5.10 Å². The number of amides is 1. The number of hydrogen-bond acceptors (Lipinski definition) is 3. The van der Waals surface area contributed by atoms with E-state index in [9.17, 15) is 4.79 Å². The number of nitrogens with one attached hydrogen (secondary N) is 2. The Bertz CT molecular complexity index is 395. The summed E-state index contributed by atoms with van der Waals surface area (Å²) in [7, 11) is 1.93. The number of carbonyl (C=O) groups is 1. The van der Waals surface area contributed by atoms with Gasteiger partial charge in [0.05, 0.1) is 6.20 Å². The van der Waals surface area contributed by atoms with Crippen LogP contribution in [0.25, 0.3) is 0 Å². The van der Waals surface area contributed by atoms with Gasteiger partial charge in [-0.05, 0) is 19.8 Å². The first kappa shape index (κ1) is 12.1. The van der Waals surface area contributed by atoms with E-state index in [2.05, 4.69) is 15.7 Å². The lowest BCUT2D eigenvalue weighted by atomic mass is 10.2. The minimum atomic E-state index is 0.155. The molecule has 0 bridgehead atoms. The largest absolute Gasteiger partial charge is 0.353 e. The molecule has 0 radical (unpaired) electrons. The van der Waals surface area contributed by atoms with E-state index in [-0.39, 0.29) is 5.91 Å². The van der Waals surface area contributed by atoms with Crippen molar-refractivity contribution < 1.29 is 4.79 Å². The van der Waals surface area contributed by atoms with Crippen LogP contribution in [0.4, 0.5) is 0 Å². The van der Waals surface area contributed by atoms with E-state index in [0.29, 0.717) is 19.0 Å². The van der Waals surface area contributed by atoms with Crippen LogP contribution in [0.2, 0.25) is 0 Å². The summed E-state index contributed by atoms with van der Waals surface area (Å²) in [5.74, 6) is 0.155. The Morgan fingerprint density at radius 1 is 1.59 bits per heavy atom. The number of carbonyl (C=O) groups excluding carboxylic acids is 1. The first-order chi connectivity index (χ1) is 8.16. The zero-order valence-corrected chi connectivity index (χ0v) is 10.5. The van der Waals surface area contributed by atoms with Crippen molar-refractivity contribution in [3.05, 3.63) is 17.5 Å². The SMILES string of the molecule is Cc1c(CNCCC(=O)NC2CC2)cnn1C. The molecule has 5 nitrogen and oxygen atoms in total. The smallest absolute Gasteiger partial charge is 0.221 e. The average molecular weight is 236 g/mol. The van der Waals surface area contributed by atoms with Crippen LogP contribution >= 0.6 is 0 Å². The van der Waals surface area contributed by atoms with Crippen molar-refractivity contribution in [2.75, 3.05) is 6.54 Å². The Kier molecular flexibility index (Phi) is 3.78. The summed E-state index contributed by atoms with van der Waals surface area (Å²) < 4.78 is 1.86. The maximum Gasteiger partial charge on any atom is 0.221 e. The van der Waals surface area contributed by atoms with Gasteiger partial charge >= 0.3 is 0 Å².